The molecule has 2 heterocycles. The van der Waals surface area contributed by atoms with Crippen molar-refractivity contribution >= 4 is 38.2 Å². The van der Waals surface area contributed by atoms with Crippen LogP contribution in [0.2, 0.25) is 0 Å². The molecule has 4 nitrogen and oxygen atoms in total. The molecule has 2 aromatic heterocycles. The zero-order chi connectivity index (χ0) is 17.8. The summed E-state index contributed by atoms with van der Waals surface area (Å²) in [6.45, 7) is 0. The average Bonchev–Trinajstić information content (AvgIpc) is 2.67. The number of halogens is 1. The van der Waals surface area contributed by atoms with Gasteiger partial charge in [-0.3, -0.25) is 9.20 Å². The Balaban J connectivity index is 2.18. The third kappa shape index (κ3) is 1.94. The van der Waals surface area contributed by atoms with Gasteiger partial charge in [0, 0.05) is 16.8 Å². The lowest BCUT2D eigenvalue weighted by Crippen LogP contribution is -2.16. The molecule has 0 aliphatic rings. The van der Waals surface area contributed by atoms with Crippen LogP contribution >= 0.6 is 0 Å². The first kappa shape index (κ1) is 14.8. The first-order chi connectivity index (χ1) is 12.7. The summed E-state index contributed by atoms with van der Waals surface area (Å²) in [5, 5.41) is 2.80. The second-order valence-corrected chi connectivity index (χ2v) is 6.17. The summed E-state index contributed by atoms with van der Waals surface area (Å²) in [6, 6.07) is 17.3. The summed E-state index contributed by atoms with van der Waals surface area (Å²) in [5.74, 6) is 0.273. The number of ether oxygens (including phenoxy) is 1. The molecular formula is C21H13FN2O2. The third-order valence-corrected chi connectivity index (χ3v) is 4.73. The predicted octanol–water partition coefficient (Wildman–Crippen LogP) is 4.30. The minimum Gasteiger partial charge on any atom is -0.497 e. The lowest BCUT2D eigenvalue weighted by Gasteiger charge is -2.13. The topological polar surface area (TPSA) is 43.6 Å². The molecule has 0 unspecified atom stereocenters. The highest BCUT2D eigenvalue weighted by Crippen LogP contribution is 2.31. The predicted molar refractivity (Wildman–Crippen MR) is 100 cm³/mol. The normalized spacial score (nSPS) is 11.6. The first-order valence-electron chi connectivity index (χ1n) is 8.18. The Labute approximate surface area is 147 Å². The van der Waals surface area contributed by atoms with Crippen LogP contribution < -0.4 is 10.3 Å². The van der Waals surface area contributed by atoms with Crippen molar-refractivity contribution in [3.63, 3.8) is 0 Å². The molecule has 0 saturated carbocycles. The molecule has 5 rings (SSSR count). The van der Waals surface area contributed by atoms with Crippen LogP contribution in [0.1, 0.15) is 0 Å². The van der Waals surface area contributed by atoms with Crippen molar-refractivity contribution in [3.05, 3.63) is 76.8 Å². The zero-order valence-corrected chi connectivity index (χ0v) is 13.9. The van der Waals surface area contributed by atoms with Crippen molar-refractivity contribution in [2.24, 2.45) is 0 Å². The molecule has 0 saturated heterocycles. The number of hydrogen-bond donors (Lipinski definition) is 0. The molecule has 5 heteroatoms. The van der Waals surface area contributed by atoms with Crippen LogP contribution in [0, 0.1) is 5.82 Å². The molecule has 0 N–H and O–H groups in total. The SMILES string of the molecule is COc1ccc2c3ccc(F)cc3c3nc4ccccc4c(=O)n3c2c1. The molecular weight excluding hydrogens is 331 g/mol. The van der Waals surface area contributed by atoms with Gasteiger partial charge >= 0.3 is 0 Å². The van der Waals surface area contributed by atoms with Crippen molar-refractivity contribution in [1.29, 1.82) is 0 Å². The van der Waals surface area contributed by atoms with E-state index in [0.29, 0.717) is 33.2 Å². The number of benzene rings is 3. The molecule has 126 valence electrons. The van der Waals surface area contributed by atoms with Crippen molar-refractivity contribution < 1.29 is 9.13 Å². The summed E-state index contributed by atoms with van der Waals surface area (Å²) in [4.78, 5) is 17.9. The highest BCUT2D eigenvalue weighted by atomic mass is 19.1. The number of rotatable bonds is 1. The lowest BCUT2D eigenvalue weighted by atomic mass is 10.0. The van der Waals surface area contributed by atoms with Crippen LogP contribution in [0.5, 0.6) is 5.75 Å². The van der Waals surface area contributed by atoms with Gasteiger partial charge in [-0.15, -0.1) is 0 Å². The van der Waals surface area contributed by atoms with E-state index in [4.69, 9.17) is 4.74 Å². The second kappa shape index (κ2) is 5.26. The van der Waals surface area contributed by atoms with Crippen LogP contribution in [0.4, 0.5) is 4.39 Å². The molecule has 0 aliphatic heterocycles. The molecule has 0 atom stereocenters. The van der Waals surface area contributed by atoms with Gasteiger partial charge in [0.05, 0.1) is 23.5 Å². The fraction of sp³-hybridized carbons (Fsp3) is 0.0476. The van der Waals surface area contributed by atoms with Crippen LogP contribution in [-0.2, 0) is 0 Å². The van der Waals surface area contributed by atoms with Crippen LogP contribution in [0.3, 0.4) is 0 Å². The molecule has 0 fully saturated rings. The van der Waals surface area contributed by atoms with Gasteiger partial charge in [-0.1, -0.05) is 18.2 Å². The Morgan fingerprint density at radius 2 is 1.73 bits per heavy atom. The number of nitrogens with zero attached hydrogens (tertiary/aromatic N) is 2. The summed E-state index contributed by atoms with van der Waals surface area (Å²) in [5.41, 5.74) is 1.52. The van der Waals surface area contributed by atoms with Gasteiger partial charge in [0.2, 0.25) is 0 Å². The maximum absolute atomic E-state index is 14.0. The van der Waals surface area contributed by atoms with E-state index in [1.807, 2.05) is 24.3 Å². The largest absolute Gasteiger partial charge is 0.497 e. The van der Waals surface area contributed by atoms with Gasteiger partial charge in [-0.05, 0) is 41.8 Å². The van der Waals surface area contributed by atoms with Crippen molar-refractivity contribution in [1.82, 2.24) is 9.38 Å². The number of para-hydroxylation sites is 1. The lowest BCUT2D eigenvalue weighted by molar-refractivity contribution is 0.415. The van der Waals surface area contributed by atoms with Crippen LogP contribution in [0.15, 0.2) is 65.5 Å². The molecule has 0 spiro atoms. The highest BCUT2D eigenvalue weighted by Gasteiger charge is 2.14. The Hall–Kier alpha value is -3.47. The molecule has 5 aromatic rings. The van der Waals surface area contributed by atoms with Gasteiger partial charge in [-0.2, -0.15) is 0 Å². The summed E-state index contributed by atoms with van der Waals surface area (Å²) >= 11 is 0. The standard InChI is InChI=1S/C21H13FN2O2/c1-26-13-7-9-15-14-8-6-12(22)10-17(14)20-23-18-5-3-2-4-16(18)21(25)24(20)19(15)11-13/h2-11H,1H3. The first-order valence-corrected chi connectivity index (χ1v) is 8.18. The minimum absolute atomic E-state index is 0.185. The Morgan fingerprint density at radius 1 is 0.923 bits per heavy atom. The van der Waals surface area contributed by atoms with Crippen molar-refractivity contribution in [2.75, 3.05) is 7.11 Å². The molecule has 0 aliphatic carbocycles. The molecule has 26 heavy (non-hydrogen) atoms. The van der Waals surface area contributed by atoms with Gasteiger partial charge in [-0.25, -0.2) is 9.37 Å². The zero-order valence-electron chi connectivity index (χ0n) is 13.9. The van der Waals surface area contributed by atoms with Gasteiger partial charge < -0.3 is 4.74 Å². The van der Waals surface area contributed by atoms with E-state index in [-0.39, 0.29) is 11.4 Å². The number of methoxy groups -OCH3 is 1. The fourth-order valence-electron chi connectivity index (χ4n) is 3.52. The Kier molecular flexibility index (Phi) is 3.00. The van der Waals surface area contributed by atoms with E-state index in [0.717, 1.165) is 10.8 Å². The van der Waals surface area contributed by atoms with Crippen LogP contribution in [-0.4, -0.2) is 16.5 Å². The van der Waals surface area contributed by atoms with E-state index in [9.17, 15) is 9.18 Å². The smallest absolute Gasteiger partial charge is 0.266 e. The van der Waals surface area contributed by atoms with Gasteiger partial charge in [0.15, 0.2) is 0 Å². The second-order valence-electron chi connectivity index (χ2n) is 6.17. The van der Waals surface area contributed by atoms with E-state index < -0.39 is 0 Å². The van der Waals surface area contributed by atoms with Crippen molar-refractivity contribution in [3.8, 4) is 5.75 Å². The molecule has 0 amide bonds. The van der Waals surface area contributed by atoms with E-state index >= 15 is 0 Å². The molecule has 0 bridgehead atoms. The average molecular weight is 344 g/mol. The van der Waals surface area contributed by atoms with E-state index in [1.54, 1.807) is 35.8 Å². The van der Waals surface area contributed by atoms with E-state index in [2.05, 4.69) is 4.98 Å². The summed E-state index contributed by atoms with van der Waals surface area (Å²) < 4.78 is 20.8. The van der Waals surface area contributed by atoms with Gasteiger partial charge in [0.25, 0.3) is 5.56 Å². The van der Waals surface area contributed by atoms with Gasteiger partial charge in [0.1, 0.15) is 17.2 Å². The summed E-state index contributed by atoms with van der Waals surface area (Å²) in [6.07, 6.45) is 0. The number of aromatic nitrogens is 2. The number of pyridine rings is 1. The Bertz CT molecular complexity index is 1410. The Morgan fingerprint density at radius 3 is 2.58 bits per heavy atom. The van der Waals surface area contributed by atoms with Crippen LogP contribution in [0.25, 0.3) is 38.2 Å². The maximum atomic E-state index is 14.0. The minimum atomic E-state index is -0.366. The third-order valence-electron chi connectivity index (χ3n) is 4.73. The maximum Gasteiger partial charge on any atom is 0.266 e. The van der Waals surface area contributed by atoms with Crippen molar-refractivity contribution in [2.45, 2.75) is 0 Å². The van der Waals surface area contributed by atoms with E-state index in [1.165, 1.54) is 12.1 Å². The molecule has 3 aromatic carbocycles. The number of fused-ring (bicyclic) bond motifs is 7. The number of hydrogen-bond acceptors (Lipinski definition) is 3. The fourth-order valence-corrected chi connectivity index (χ4v) is 3.52. The quantitative estimate of drug-likeness (QED) is 0.336. The highest BCUT2D eigenvalue weighted by molar-refractivity contribution is 6.12. The summed E-state index contributed by atoms with van der Waals surface area (Å²) in [7, 11) is 1.58. The molecule has 0 radical (unpaired) electrons. The monoisotopic (exact) mass is 344 g/mol.